The lowest BCUT2D eigenvalue weighted by Crippen LogP contribution is -2.32. The maximum Gasteiger partial charge on any atom is 0.326 e. The molecule has 1 heterocycles. The molecule has 1 aliphatic rings. The Bertz CT molecular complexity index is 238. The zero-order valence-electron chi connectivity index (χ0n) is 8.57. The van der Waals surface area contributed by atoms with E-state index >= 15 is 0 Å². The van der Waals surface area contributed by atoms with Gasteiger partial charge in [0.25, 0.3) is 5.91 Å². The van der Waals surface area contributed by atoms with E-state index in [9.17, 15) is 9.59 Å². The maximum absolute atomic E-state index is 11.5. The van der Waals surface area contributed by atoms with Gasteiger partial charge in [0.2, 0.25) is 0 Å². The summed E-state index contributed by atoms with van der Waals surface area (Å²) >= 11 is 0. The van der Waals surface area contributed by atoms with Gasteiger partial charge in [0.05, 0.1) is 0 Å². The first-order chi connectivity index (χ1) is 5.95. The fourth-order valence-corrected chi connectivity index (χ4v) is 1.56. The van der Waals surface area contributed by atoms with Gasteiger partial charge in [-0.15, -0.1) is 0 Å². The second-order valence-corrected chi connectivity index (χ2v) is 3.94. The van der Waals surface area contributed by atoms with E-state index in [1.54, 1.807) is 7.05 Å². The van der Waals surface area contributed by atoms with Gasteiger partial charge in [0.15, 0.2) is 0 Å². The quantitative estimate of drug-likeness (QED) is 0.599. The monoisotopic (exact) mass is 184 g/mol. The Morgan fingerprint density at radius 1 is 1.31 bits per heavy atom. The molecular formula is C9H16N2O2. The highest BCUT2D eigenvalue weighted by molar-refractivity contribution is 6.03. The first-order valence-electron chi connectivity index (χ1n) is 4.49. The van der Waals surface area contributed by atoms with Gasteiger partial charge in [-0.05, 0) is 12.3 Å². The van der Waals surface area contributed by atoms with E-state index in [2.05, 4.69) is 0 Å². The van der Waals surface area contributed by atoms with Crippen LogP contribution < -0.4 is 0 Å². The van der Waals surface area contributed by atoms with Gasteiger partial charge in [-0.25, -0.2) is 4.79 Å². The molecule has 0 aromatic carbocycles. The fourth-order valence-electron chi connectivity index (χ4n) is 1.56. The van der Waals surface area contributed by atoms with E-state index in [1.807, 2.05) is 13.8 Å². The van der Waals surface area contributed by atoms with Crippen molar-refractivity contribution in [3.63, 3.8) is 0 Å². The minimum absolute atomic E-state index is 0.0822. The van der Waals surface area contributed by atoms with E-state index < -0.39 is 0 Å². The number of imide groups is 1. The molecule has 0 N–H and O–H groups in total. The Labute approximate surface area is 78.5 Å². The van der Waals surface area contributed by atoms with E-state index in [4.69, 9.17) is 0 Å². The zero-order valence-corrected chi connectivity index (χ0v) is 8.57. The number of hydrogen-bond donors (Lipinski definition) is 0. The fraction of sp³-hybridized carbons (Fsp3) is 0.778. The van der Waals surface area contributed by atoms with Crippen LogP contribution >= 0.6 is 0 Å². The highest BCUT2D eigenvalue weighted by Gasteiger charge is 2.40. The Hall–Kier alpha value is -1.06. The molecular weight excluding hydrogens is 168 g/mol. The Morgan fingerprint density at radius 2 is 1.85 bits per heavy atom. The topological polar surface area (TPSA) is 40.6 Å². The van der Waals surface area contributed by atoms with Gasteiger partial charge < -0.3 is 4.90 Å². The molecule has 0 bridgehead atoms. The van der Waals surface area contributed by atoms with Crippen LogP contribution in [0, 0.1) is 5.92 Å². The van der Waals surface area contributed by atoms with Crippen LogP contribution in [-0.4, -0.2) is 41.9 Å². The molecule has 3 amide bonds. The lowest BCUT2D eigenvalue weighted by atomic mass is 10.0. The number of carbonyl (C=O) groups excluding carboxylic acids is 2. The molecule has 74 valence electrons. The molecule has 4 nitrogen and oxygen atoms in total. The van der Waals surface area contributed by atoms with Gasteiger partial charge in [0.1, 0.15) is 6.04 Å². The molecule has 13 heavy (non-hydrogen) atoms. The predicted octanol–water partition coefficient (Wildman–Crippen LogP) is 0.925. The van der Waals surface area contributed by atoms with Crippen molar-refractivity contribution in [1.29, 1.82) is 0 Å². The highest BCUT2D eigenvalue weighted by Crippen LogP contribution is 2.19. The van der Waals surface area contributed by atoms with Gasteiger partial charge in [0, 0.05) is 14.1 Å². The molecule has 0 radical (unpaired) electrons. The van der Waals surface area contributed by atoms with E-state index in [-0.39, 0.29) is 18.0 Å². The van der Waals surface area contributed by atoms with E-state index in [1.165, 1.54) is 16.8 Å². The summed E-state index contributed by atoms with van der Waals surface area (Å²) in [4.78, 5) is 25.6. The normalized spacial score (nSPS) is 23.6. The van der Waals surface area contributed by atoms with Crippen LogP contribution in [0.15, 0.2) is 0 Å². The molecule has 4 heteroatoms. The SMILES string of the molecule is CC(C)C[C@@H]1C(=O)N(C)C(=O)N1C. The number of nitrogens with zero attached hydrogens (tertiary/aromatic N) is 2. The highest BCUT2D eigenvalue weighted by atomic mass is 16.2. The Kier molecular flexibility index (Phi) is 2.59. The number of amides is 3. The standard InChI is InChI=1S/C9H16N2O2/c1-6(2)5-7-8(12)11(4)9(13)10(7)3/h6-7H,5H2,1-4H3/t7-/m1/s1. The molecule has 0 aromatic rings. The van der Waals surface area contributed by atoms with Crippen molar-refractivity contribution in [2.24, 2.45) is 5.92 Å². The van der Waals surface area contributed by atoms with Gasteiger partial charge in [-0.3, -0.25) is 9.69 Å². The molecule has 0 aliphatic carbocycles. The average Bonchev–Trinajstić information content (AvgIpc) is 2.22. The molecule has 0 spiro atoms. The number of rotatable bonds is 2. The molecule has 0 unspecified atom stereocenters. The van der Waals surface area contributed by atoms with Crippen molar-refractivity contribution in [2.45, 2.75) is 26.3 Å². The van der Waals surface area contributed by atoms with Gasteiger partial charge >= 0.3 is 6.03 Å². The number of likely N-dealkylation sites (N-methyl/N-ethyl adjacent to an activating group) is 2. The maximum atomic E-state index is 11.5. The molecule has 1 fully saturated rings. The summed E-state index contributed by atoms with van der Waals surface area (Å²) < 4.78 is 0. The summed E-state index contributed by atoms with van der Waals surface area (Å²) in [6, 6.07) is -0.451. The zero-order chi connectivity index (χ0) is 10.2. The summed E-state index contributed by atoms with van der Waals surface area (Å²) in [5.74, 6) is 0.344. The van der Waals surface area contributed by atoms with Crippen LogP contribution in [0.3, 0.4) is 0 Å². The summed E-state index contributed by atoms with van der Waals surface area (Å²) in [5.41, 5.74) is 0. The second kappa shape index (κ2) is 3.36. The summed E-state index contributed by atoms with van der Waals surface area (Å²) in [6.07, 6.45) is 0.741. The molecule has 1 aliphatic heterocycles. The third-order valence-corrected chi connectivity index (χ3v) is 2.37. The molecule has 1 atom stereocenters. The first kappa shape index (κ1) is 10.0. The number of carbonyl (C=O) groups is 2. The van der Waals surface area contributed by atoms with Crippen LogP contribution in [0.4, 0.5) is 4.79 Å². The van der Waals surface area contributed by atoms with Crippen molar-refractivity contribution in [2.75, 3.05) is 14.1 Å². The smallest absolute Gasteiger partial charge is 0.315 e. The van der Waals surface area contributed by atoms with E-state index in [0.717, 1.165) is 6.42 Å². The van der Waals surface area contributed by atoms with Crippen LogP contribution in [0.2, 0.25) is 0 Å². The predicted molar refractivity (Wildman–Crippen MR) is 49.2 cm³/mol. The molecule has 1 saturated heterocycles. The van der Waals surface area contributed by atoms with Crippen LogP contribution in [0.25, 0.3) is 0 Å². The van der Waals surface area contributed by atoms with Crippen molar-refractivity contribution in [1.82, 2.24) is 9.80 Å². The summed E-state index contributed by atoms with van der Waals surface area (Å²) in [5, 5.41) is 0. The lowest BCUT2D eigenvalue weighted by Gasteiger charge is -2.17. The van der Waals surface area contributed by atoms with Crippen molar-refractivity contribution in [3.05, 3.63) is 0 Å². The summed E-state index contributed by atoms with van der Waals surface area (Å²) in [6.45, 7) is 4.09. The Balaban J connectivity index is 2.75. The molecule has 1 rings (SSSR count). The number of urea groups is 1. The van der Waals surface area contributed by atoms with Crippen LogP contribution in [-0.2, 0) is 4.79 Å². The van der Waals surface area contributed by atoms with Crippen molar-refractivity contribution in [3.8, 4) is 0 Å². The third kappa shape index (κ3) is 1.66. The Morgan fingerprint density at radius 3 is 2.15 bits per heavy atom. The van der Waals surface area contributed by atoms with E-state index in [0.29, 0.717) is 5.92 Å². The van der Waals surface area contributed by atoms with Crippen LogP contribution in [0.1, 0.15) is 20.3 Å². The average molecular weight is 184 g/mol. The molecule has 0 saturated carbocycles. The largest absolute Gasteiger partial charge is 0.326 e. The van der Waals surface area contributed by atoms with Crippen LogP contribution in [0.5, 0.6) is 0 Å². The lowest BCUT2D eigenvalue weighted by molar-refractivity contribution is -0.127. The minimum Gasteiger partial charge on any atom is -0.315 e. The summed E-state index contributed by atoms with van der Waals surface area (Å²) in [7, 11) is 3.21. The second-order valence-electron chi connectivity index (χ2n) is 3.94. The van der Waals surface area contributed by atoms with Crippen molar-refractivity contribution >= 4 is 11.9 Å². The minimum atomic E-state index is -0.252. The first-order valence-corrected chi connectivity index (χ1v) is 4.49. The third-order valence-electron chi connectivity index (χ3n) is 2.37. The van der Waals surface area contributed by atoms with Gasteiger partial charge in [-0.2, -0.15) is 0 Å². The van der Waals surface area contributed by atoms with Gasteiger partial charge in [-0.1, -0.05) is 13.8 Å². The number of hydrogen-bond acceptors (Lipinski definition) is 2. The molecule has 0 aromatic heterocycles. The van der Waals surface area contributed by atoms with Crippen molar-refractivity contribution < 1.29 is 9.59 Å².